The van der Waals surface area contributed by atoms with Crippen LogP contribution in [-0.4, -0.2) is 91.8 Å². The van der Waals surface area contributed by atoms with Gasteiger partial charge in [-0.25, -0.2) is 0 Å². The molecule has 6 heteroatoms. The molecule has 4 heterocycles. The van der Waals surface area contributed by atoms with Crippen LogP contribution in [0.3, 0.4) is 0 Å². The molecule has 0 saturated carbocycles. The van der Waals surface area contributed by atoms with Crippen LogP contribution in [0.2, 0.25) is 0 Å². The smallest absolute Gasteiger partial charge is 0.191 e. The van der Waals surface area contributed by atoms with E-state index in [4.69, 9.17) is 10.5 Å². The largest absolute Gasteiger partial charge is 0.375 e. The first-order valence-electron chi connectivity index (χ1n) is 7.35. The molecule has 0 amide bonds. The summed E-state index contributed by atoms with van der Waals surface area (Å²) in [5.74, 6) is 0.688. The highest BCUT2D eigenvalue weighted by molar-refractivity contribution is 5.78. The van der Waals surface area contributed by atoms with Crippen LogP contribution in [0.1, 0.15) is 6.92 Å². The Bertz CT molecular complexity index is 340. The minimum Gasteiger partial charge on any atom is -0.375 e. The van der Waals surface area contributed by atoms with Gasteiger partial charge in [0.05, 0.1) is 19.3 Å². The lowest BCUT2D eigenvalue weighted by molar-refractivity contribution is 0.00458. The number of nitrogens with two attached hydrogens (primary N) is 1. The van der Waals surface area contributed by atoms with Crippen molar-refractivity contribution in [3.05, 3.63) is 0 Å². The second kappa shape index (κ2) is 5.64. The molecule has 0 aromatic carbocycles. The van der Waals surface area contributed by atoms with Crippen molar-refractivity contribution in [1.82, 2.24) is 14.7 Å². The monoisotopic (exact) mass is 267 g/mol. The fourth-order valence-electron chi connectivity index (χ4n) is 3.22. The predicted molar refractivity (Wildman–Crippen MR) is 75.3 cm³/mol. The van der Waals surface area contributed by atoms with Gasteiger partial charge in [-0.15, -0.1) is 0 Å². The van der Waals surface area contributed by atoms with Crippen LogP contribution in [-0.2, 0) is 4.74 Å². The van der Waals surface area contributed by atoms with Crippen molar-refractivity contribution in [1.29, 1.82) is 0 Å². The van der Waals surface area contributed by atoms with Crippen molar-refractivity contribution in [2.45, 2.75) is 19.1 Å². The zero-order valence-corrected chi connectivity index (χ0v) is 11.8. The standard InChI is InChI=1S/C13H25N5O/c1-11-9-18(6-7-19-11)13(14)15-8-12-10-16-2-4-17(12)5-3-16/h11-12H,2-10H2,1H3,(H2,14,15). The van der Waals surface area contributed by atoms with Crippen molar-refractivity contribution in [2.24, 2.45) is 10.7 Å². The lowest BCUT2D eigenvalue weighted by atomic mass is 10.1. The topological polar surface area (TPSA) is 57.3 Å². The number of guanidine groups is 1. The highest BCUT2D eigenvalue weighted by Gasteiger charge is 2.31. The average Bonchev–Trinajstić information content (AvgIpc) is 2.46. The van der Waals surface area contributed by atoms with Gasteiger partial charge in [-0.05, 0) is 6.92 Å². The summed E-state index contributed by atoms with van der Waals surface area (Å²) in [7, 11) is 0. The van der Waals surface area contributed by atoms with Crippen LogP contribution in [0.5, 0.6) is 0 Å². The maximum Gasteiger partial charge on any atom is 0.191 e. The van der Waals surface area contributed by atoms with Gasteiger partial charge in [0.2, 0.25) is 0 Å². The van der Waals surface area contributed by atoms with E-state index in [2.05, 4.69) is 26.6 Å². The Morgan fingerprint density at radius 2 is 2.00 bits per heavy atom. The molecule has 0 aliphatic carbocycles. The van der Waals surface area contributed by atoms with Gasteiger partial charge in [-0.1, -0.05) is 0 Å². The molecule has 0 radical (unpaired) electrons. The van der Waals surface area contributed by atoms with Crippen LogP contribution in [0, 0.1) is 0 Å². The first kappa shape index (κ1) is 13.1. The van der Waals surface area contributed by atoms with E-state index in [-0.39, 0.29) is 6.10 Å². The van der Waals surface area contributed by atoms with Crippen molar-refractivity contribution >= 4 is 5.96 Å². The Hall–Kier alpha value is -0.850. The van der Waals surface area contributed by atoms with Crippen molar-refractivity contribution in [3.8, 4) is 0 Å². The normalized spacial score (nSPS) is 39.6. The van der Waals surface area contributed by atoms with Crippen LogP contribution < -0.4 is 5.73 Å². The number of aliphatic imine (C=N–C) groups is 1. The molecule has 4 aliphatic rings. The van der Waals surface area contributed by atoms with Gasteiger partial charge in [0.25, 0.3) is 0 Å². The number of piperazine rings is 3. The van der Waals surface area contributed by atoms with Gasteiger partial charge in [-0.3, -0.25) is 14.8 Å². The Labute approximate surface area is 115 Å². The lowest BCUT2D eigenvalue weighted by Gasteiger charge is -2.47. The SMILES string of the molecule is CC1CN(C(N)=NCC2CN3CCN2CC3)CCO1. The molecule has 4 fully saturated rings. The molecule has 108 valence electrons. The van der Waals surface area contributed by atoms with Gasteiger partial charge < -0.3 is 15.4 Å². The van der Waals surface area contributed by atoms with Crippen molar-refractivity contribution < 1.29 is 4.74 Å². The summed E-state index contributed by atoms with van der Waals surface area (Å²) in [6.07, 6.45) is 0.253. The van der Waals surface area contributed by atoms with Crippen molar-refractivity contribution in [2.75, 3.05) is 59.0 Å². The minimum absolute atomic E-state index is 0.253. The van der Waals surface area contributed by atoms with Gasteiger partial charge in [0.15, 0.2) is 5.96 Å². The molecule has 4 aliphatic heterocycles. The third kappa shape index (κ3) is 3.01. The molecule has 4 rings (SSSR count). The molecule has 19 heavy (non-hydrogen) atoms. The van der Waals surface area contributed by atoms with Gasteiger partial charge in [-0.2, -0.15) is 0 Å². The first-order valence-corrected chi connectivity index (χ1v) is 7.35. The molecule has 0 aromatic heterocycles. The highest BCUT2D eigenvalue weighted by atomic mass is 16.5. The number of hydrogen-bond acceptors (Lipinski definition) is 4. The summed E-state index contributed by atoms with van der Waals surface area (Å²) in [6.45, 7) is 11.3. The number of fused-ring (bicyclic) bond motifs is 3. The molecule has 4 saturated heterocycles. The van der Waals surface area contributed by atoms with E-state index in [1.54, 1.807) is 0 Å². The molecule has 2 bridgehead atoms. The van der Waals surface area contributed by atoms with E-state index < -0.39 is 0 Å². The van der Waals surface area contributed by atoms with E-state index in [1.165, 1.54) is 26.2 Å². The molecular formula is C13H25N5O. The molecule has 6 nitrogen and oxygen atoms in total. The fraction of sp³-hybridized carbons (Fsp3) is 0.923. The van der Waals surface area contributed by atoms with E-state index >= 15 is 0 Å². The number of hydrogen-bond donors (Lipinski definition) is 1. The zero-order valence-electron chi connectivity index (χ0n) is 11.8. The van der Waals surface area contributed by atoms with Crippen LogP contribution in [0.25, 0.3) is 0 Å². The number of ether oxygens (including phenoxy) is 1. The van der Waals surface area contributed by atoms with E-state index in [9.17, 15) is 0 Å². The average molecular weight is 267 g/mol. The maximum atomic E-state index is 6.11. The Kier molecular flexibility index (Phi) is 3.91. The van der Waals surface area contributed by atoms with Gasteiger partial charge in [0, 0.05) is 51.9 Å². The first-order chi connectivity index (χ1) is 9.22. The maximum absolute atomic E-state index is 6.11. The third-order valence-electron chi connectivity index (χ3n) is 4.42. The minimum atomic E-state index is 0.253. The predicted octanol–water partition coefficient (Wildman–Crippen LogP) is -0.978. The third-order valence-corrected chi connectivity index (χ3v) is 4.42. The van der Waals surface area contributed by atoms with Crippen LogP contribution in [0.15, 0.2) is 4.99 Å². The molecule has 2 unspecified atom stereocenters. The Morgan fingerprint density at radius 1 is 1.21 bits per heavy atom. The molecule has 0 aromatic rings. The Balaban J connectivity index is 1.53. The summed E-state index contributed by atoms with van der Waals surface area (Å²) in [5, 5.41) is 0. The van der Waals surface area contributed by atoms with Gasteiger partial charge in [0.1, 0.15) is 0 Å². The van der Waals surface area contributed by atoms with Crippen LogP contribution in [0.4, 0.5) is 0 Å². The van der Waals surface area contributed by atoms with E-state index in [1.807, 2.05) is 0 Å². The molecule has 0 spiro atoms. The van der Waals surface area contributed by atoms with Crippen molar-refractivity contribution in [3.63, 3.8) is 0 Å². The van der Waals surface area contributed by atoms with E-state index in [0.717, 1.165) is 32.8 Å². The summed E-state index contributed by atoms with van der Waals surface area (Å²) in [5.41, 5.74) is 6.11. The summed E-state index contributed by atoms with van der Waals surface area (Å²) >= 11 is 0. The fourth-order valence-corrected chi connectivity index (χ4v) is 3.22. The quantitative estimate of drug-likeness (QED) is 0.515. The van der Waals surface area contributed by atoms with Crippen LogP contribution >= 0.6 is 0 Å². The second-order valence-corrected chi connectivity index (χ2v) is 5.82. The summed E-state index contributed by atoms with van der Waals surface area (Å²) < 4.78 is 5.53. The number of nitrogens with zero attached hydrogens (tertiary/aromatic N) is 4. The number of rotatable bonds is 2. The molecule has 2 N–H and O–H groups in total. The number of morpholine rings is 1. The summed E-state index contributed by atoms with van der Waals surface area (Å²) in [4.78, 5) is 11.9. The van der Waals surface area contributed by atoms with E-state index in [0.29, 0.717) is 12.0 Å². The summed E-state index contributed by atoms with van der Waals surface area (Å²) in [6, 6.07) is 0.555. The lowest BCUT2D eigenvalue weighted by Crippen LogP contribution is -2.62. The zero-order chi connectivity index (χ0) is 13.2. The van der Waals surface area contributed by atoms with Gasteiger partial charge >= 0.3 is 0 Å². The molecular weight excluding hydrogens is 242 g/mol. The Morgan fingerprint density at radius 3 is 2.63 bits per heavy atom. The highest BCUT2D eigenvalue weighted by Crippen LogP contribution is 2.15. The molecule has 2 atom stereocenters. The second-order valence-electron chi connectivity index (χ2n) is 5.82.